The van der Waals surface area contributed by atoms with Crippen LogP contribution < -0.4 is 10.1 Å². The molecule has 106 valence electrons. The first-order chi connectivity index (χ1) is 9.28. The summed E-state index contributed by atoms with van der Waals surface area (Å²) in [5, 5.41) is 3.33. The molecule has 5 nitrogen and oxygen atoms in total. The molecule has 1 saturated heterocycles. The Morgan fingerprint density at radius 1 is 1.42 bits per heavy atom. The number of aromatic nitrogens is 2. The maximum absolute atomic E-state index is 5.50. The summed E-state index contributed by atoms with van der Waals surface area (Å²) in [5.41, 5.74) is 0. The quantitative estimate of drug-likeness (QED) is 0.852. The smallest absolute Gasteiger partial charge is 0.225 e. The highest BCUT2D eigenvalue weighted by atomic mass is 16.5. The van der Waals surface area contributed by atoms with Crippen LogP contribution in [0.3, 0.4) is 0 Å². The SMILES string of the molecule is CCCOc1ccnc(NCC2CCN(C)CC2)n1. The van der Waals surface area contributed by atoms with E-state index in [0.29, 0.717) is 18.4 Å². The molecular weight excluding hydrogens is 240 g/mol. The Morgan fingerprint density at radius 3 is 2.95 bits per heavy atom. The van der Waals surface area contributed by atoms with E-state index in [9.17, 15) is 0 Å². The highest BCUT2D eigenvalue weighted by Crippen LogP contribution is 2.16. The minimum absolute atomic E-state index is 0.655. The maximum atomic E-state index is 5.50. The van der Waals surface area contributed by atoms with Crippen LogP contribution in [0, 0.1) is 5.92 Å². The van der Waals surface area contributed by atoms with Crippen LogP contribution in [0.15, 0.2) is 12.3 Å². The zero-order valence-corrected chi connectivity index (χ0v) is 11.9. The minimum atomic E-state index is 0.655. The van der Waals surface area contributed by atoms with Gasteiger partial charge in [0.05, 0.1) is 6.61 Å². The van der Waals surface area contributed by atoms with Crippen molar-refractivity contribution in [3.05, 3.63) is 12.3 Å². The Bertz CT molecular complexity index is 377. The molecule has 1 fully saturated rings. The Labute approximate surface area is 115 Å². The number of ether oxygens (including phenoxy) is 1. The molecule has 5 heteroatoms. The number of rotatable bonds is 6. The molecule has 19 heavy (non-hydrogen) atoms. The molecule has 1 N–H and O–H groups in total. The number of anilines is 1. The number of likely N-dealkylation sites (tertiary alicyclic amines) is 1. The van der Waals surface area contributed by atoms with Crippen LogP contribution in [0.2, 0.25) is 0 Å². The van der Waals surface area contributed by atoms with Gasteiger partial charge in [-0.25, -0.2) is 4.98 Å². The summed E-state index contributed by atoms with van der Waals surface area (Å²) in [6.45, 7) is 6.11. The first-order valence-electron chi connectivity index (χ1n) is 7.16. The normalized spacial score (nSPS) is 17.4. The van der Waals surface area contributed by atoms with Crippen molar-refractivity contribution in [3.63, 3.8) is 0 Å². The lowest BCUT2D eigenvalue weighted by molar-refractivity contribution is 0.226. The van der Waals surface area contributed by atoms with E-state index in [1.54, 1.807) is 12.3 Å². The third-order valence-electron chi connectivity index (χ3n) is 3.47. The maximum Gasteiger partial charge on any atom is 0.225 e. The number of piperidine rings is 1. The summed E-state index contributed by atoms with van der Waals surface area (Å²) in [6, 6.07) is 1.80. The van der Waals surface area contributed by atoms with Crippen molar-refractivity contribution >= 4 is 5.95 Å². The van der Waals surface area contributed by atoms with Crippen LogP contribution >= 0.6 is 0 Å². The lowest BCUT2D eigenvalue weighted by atomic mass is 9.97. The fraction of sp³-hybridized carbons (Fsp3) is 0.714. The van der Waals surface area contributed by atoms with E-state index in [0.717, 1.165) is 18.9 Å². The molecule has 1 aliphatic rings. The molecule has 0 bridgehead atoms. The van der Waals surface area contributed by atoms with E-state index in [1.807, 2.05) is 0 Å². The van der Waals surface area contributed by atoms with E-state index < -0.39 is 0 Å². The minimum Gasteiger partial charge on any atom is -0.478 e. The molecule has 1 aromatic rings. The molecular formula is C14H24N4O. The topological polar surface area (TPSA) is 50.3 Å². The van der Waals surface area contributed by atoms with Gasteiger partial charge in [0.1, 0.15) is 0 Å². The molecule has 0 aliphatic carbocycles. The summed E-state index contributed by atoms with van der Waals surface area (Å²) in [7, 11) is 2.18. The summed E-state index contributed by atoms with van der Waals surface area (Å²) < 4.78 is 5.50. The van der Waals surface area contributed by atoms with Crippen LogP contribution in [-0.2, 0) is 0 Å². The highest BCUT2D eigenvalue weighted by molar-refractivity contribution is 5.27. The molecule has 0 radical (unpaired) electrons. The average Bonchev–Trinajstić information content (AvgIpc) is 2.45. The third-order valence-corrected chi connectivity index (χ3v) is 3.47. The number of nitrogens with zero attached hydrogens (tertiary/aromatic N) is 3. The van der Waals surface area contributed by atoms with Gasteiger partial charge in [0.25, 0.3) is 0 Å². The van der Waals surface area contributed by atoms with Crippen molar-refractivity contribution < 1.29 is 4.74 Å². The Hall–Kier alpha value is -1.36. The molecule has 2 rings (SSSR count). The van der Waals surface area contributed by atoms with Crippen LogP contribution in [0.4, 0.5) is 5.95 Å². The second kappa shape index (κ2) is 7.28. The highest BCUT2D eigenvalue weighted by Gasteiger charge is 2.16. The second-order valence-electron chi connectivity index (χ2n) is 5.19. The molecule has 0 spiro atoms. The standard InChI is InChI=1S/C14H24N4O/c1-3-10-19-13-4-7-15-14(17-13)16-11-12-5-8-18(2)9-6-12/h4,7,12H,3,5-6,8-11H2,1-2H3,(H,15,16,17). The first-order valence-corrected chi connectivity index (χ1v) is 7.16. The van der Waals surface area contributed by atoms with Gasteiger partial charge in [0, 0.05) is 18.8 Å². The van der Waals surface area contributed by atoms with E-state index >= 15 is 0 Å². The first kappa shape index (κ1) is 14.1. The Balaban J connectivity index is 1.78. The Kier molecular flexibility index (Phi) is 5.39. The van der Waals surface area contributed by atoms with Gasteiger partial charge in [-0.1, -0.05) is 6.92 Å². The molecule has 0 atom stereocenters. The third kappa shape index (κ3) is 4.67. The van der Waals surface area contributed by atoms with Crippen molar-refractivity contribution in [2.24, 2.45) is 5.92 Å². The van der Waals surface area contributed by atoms with Crippen molar-refractivity contribution in [2.45, 2.75) is 26.2 Å². The van der Waals surface area contributed by atoms with E-state index in [1.165, 1.54) is 25.9 Å². The molecule has 2 heterocycles. The monoisotopic (exact) mass is 264 g/mol. The Morgan fingerprint density at radius 2 is 2.21 bits per heavy atom. The number of nitrogens with one attached hydrogen (secondary N) is 1. The summed E-state index contributed by atoms with van der Waals surface area (Å²) >= 11 is 0. The van der Waals surface area contributed by atoms with Gasteiger partial charge in [0.15, 0.2) is 0 Å². The van der Waals surface area contributed by atoms with Crippen LogP contribution in [0.5, 0.6) is 5.88 Å². The van der Waals surface area contributed by atoms with Crippen LogP contribution in [0.25, 0.3) is 0 Å². The van der Waals surface area contributed by atoms with Crippen molar-refractivity contribution in [1.82, 2.24) is 14.9 Å². The van der Waals surface area contributed by atoms with Gasteiger partial charge < -0.3 is 15.0 Å². The van der Waals surface area contributed by atoms with Gasteiger partial charge in [-0.3, -0.25) is 0 Å². The second-order valence-corrected chi connectivity index (χ2v) is 5.19. The van der Waals surface area contributed by atoms with Gasteiger partial charge in [-0.2, -0.15) is 4.98 Å². The van der Waals surface area contributed by atoms with Gasteiger partial charge in [-0.15, -0.1) is 0 Å². The molecule has 1 aliphatic heterocycles. The van der Waals surface area contributed by atoms with E-state index in [4.69, 9.17) is 4.74 Å². The number of hydrogen-bond donors (Lipinski definition) is 1. The van der Waals surface area contributed by atoms with Gasteiger partial charge >= 0.3 is 0 Å². The van der Waals surface area contributed by atoms with Crippen molar-refractivity contribution in [3.8, 4) is 5.88 Å². The molecule has 0 aromatic carbocycles. The van der Waals surface area contributed by atoms with Gasteiger partial charge in [-0.05, 0) is 45.3 Å². The lowest BCUT2D eigenvalue weighted by Crippen LogP contribution is -2.33. The summed E-state index contributed by atoms with van der Waals surface area (Å²) in [5.74, 6) is 2.05. The molecule has 1 aromatic heterocycles. The van der Waals surface area contributed by atoms with Crippen molar-refractivity contribution in [2.75, 3.05) is 38.6 Å². The average molecular weight is 264 g/mol. The van der Waals surface area contributed by atoms with Crippen molar-refractivity contribution in [1.29, 1.82) is 0 Å². The number of hydrogen-bond acceptors (Lipinski definition) is 5. The zero-order valence-electron chi connectivity index (χ0n) is 11.9. The lowest BCUT2D eigenvalue weighted by Gasteiger charge is -2.28. The van der Waals surface area contributed by atoms with E-state index in [2.05, 4.69) is 34.2 Å². The summed E-state index contributed by atoms with van der Waals surface area (Å²) in [6.07, 6.45) is 5.22. The fourth-order valence-corrected chi connectivity index (χ4v) is 2.22. The zero-order chi connectivity index (χ0) is 13.5. The molecule has 0 amide bonds. The summed E-state index contributed by atoms with van der Waals surface area (Å²) in [4.78, 5) is 11.0. The molecule has 0 saturated carbocycles. The predicted molar refractivity (Wildman–Crippen MR) is 76.5 cm³/mol. The predicted octanol–water partition coefficient (Wildman–Crippen LogP) is 2.02. The molecule has 0 unspecified atom stereocenters. The van der Waals surface area contributed by atoms with Gasteiger partial charge in [0.2, 0.25) is 11.8 Å². The van der Waals surface area contributed by atoms with E-state index in [-0.39, 0.29) is 0 Å². The van der Waals surface area contributed by atoms with Crippen LogP contribution in [0.1, 0.15) is 26.2 Å². The fourth-order valence-electron chi connectivity index (χ4n) is 2.22. The largest absolute Gasteiger partial charge is 0.478 e. The van der Waals surface area contributed by atoms with Crippen LogP contribution in [-0.4, -0.2) is 48.2 Å².